The van der Waals surface area contributed by atoms with Gasteiger partial charge in [-0.25, -0.2) is 4.98 Å². The first kappa shape index (κ1) is 16.5. The maximum Gasteiger partial charge on any atom is 0.262 e. The van der Waals surface area contributed by atoms with Crippen LogP contribution in [0.2, 0.25) is 0 Å². The Balaban J connectivity index is 1.95. The minimum absolute atomic E-state index is 0.00775. The van der Waals surface area contributed by atoms with E-state index in [1.165, 1.54) is 22.2 Å². The van der Waals surface area contributed by atoms with Crippen LogP contribution in [-0.2, 0) is 24.7 Å². The second-order valence-corrected chi connectivity index (χ2v) is 8.61. The van der Waals surface area contributed by atoms with E-state index in [-0.39, 0.29) is 22.8 Å². The number of amides is 1. The lowest BCUT2D eigenvalue weighted by Crippen LogP contribution is -2.36. The molecule has 2 aromatic rings. The van der Waals surface area contributed by atoms with Gasteiger partial charge in [0.05, 0.1) is 10.6 Å². The molecule has 0 saturated heterocycles. The third kappa shape index (κ3) is 3.04. The molecule has 3 rings (SSSR count). The van der Waals surface area contributed by atoms with Crippen molar-refractivity contribution >= 4 is 39.2 Å². The minimum atomic E-state index is -0.292. The van der Waals surface area contributed by atoms with E-state index in [1.54, 1.807) is 23.0 Å². The highest BCUT2D eigenvalue weighted by atomic mass is 32.2. The van der Waals surface area contributed by atoms with Crippen molar-refractivity contribution < 1.29 is 4.79 Å². The first-order chi connectivity index (χ1) is 10.9. The van der Waals surface area contributed by atoms with Crippen LogP contribution in [0, 0.1) is 0 Å². The monoisotopic (exact) mass is 351 g/mol. The summed E-state index contributed by atoms with van der Waals surface area (Å²) in [5.74, 6) is -0.0342. The standard InChI is InChI=1S/C16H21N3O2S2/c1-8(2)17-13(20)9(3)22-16-18-14-12(15(21)19(16)4)10-6-5-7-11(10)23-14/h8-9H,5-7H2,1-4H3,(H,17,20). The molecule has 1 atom stereocenters. The van der Waals surface area contributed by atoms with E-state index >= 15 is 0 Å². The van der Waals surface area contributed by atoms with Gasteiger partial charge in [0.15, 0.2) is 5.16 Å². The van der Waals surface area contributed by atoms with Crippen LogP contribution < -0.4 is 10.9 Å². The molecule has 1 N–H and O–H groups in total. The molecule has 23 heavy (non-hydrogen) atoms. The Labute approximate surface area is 143 Å². The molecule has 1 aliphatic carbocycles. The Bertz CT molecular complexity index is 823. The van der Waals surface area contributed by atoms with Crippen molar-refractivity contribution in [3.8, 4) is 0 Å². The molecule has 7 heteroatoms. The van der Waals surface area contributed by atoms with Crippen molar-refractivity contribution in [3.63, 3.8) is 0 Å². The number of hydrogen-bond donors (Lipinski definition) is 1. The van der Waals surface area contributed by atoms with Gasteiger partial charge in [-0.3, -0.25) is 14.2 Å². The molecule has 0 radical (unpaired) electrons. The van der Waals surface area contributed by atoms with Crippen molar-refractivity contribution in [1.29, 1.82) is 0 Å². The van der Waals surface area contributed by atoms with Crippen LogP contribution in [0.15, 0.2) is 9.95 Å². The summed E-state index contributed by atoms with van der Waals surface area (Å²) >= 11 is 2.97. The van der Waals surface area contributed by atoms with Crippen LogP contribution in [0.5, 0.6) is 0 Å². The van der Waals surface area contributed by atoms with Crippen molar-refractivity contribution in [1.82, 2.24) is 14.9 Å². The average Bonchev–Trinajstić information content (AvgIpc) is 3.03. The van der Waals surface area contributed by atoms with Crippen LogP contribution in [0.25, 0.3) is 10.2 Å². The fraction of sp³-hybridized carbons (Fsp3) is 0.562. The lowest BCUT2D eigenvalue weighted by molar-refractivity contribution is -0.120. The summed E-state index contributed by atoms with van der Waals surface area (Å²) in [6.45, 7) is 5.71. The number of aryl methyl sites for hydroxylation is 2. The predicted octanol–water partition coefficient (Wildman–Crippen LogP) is 2.49. The van der Waals surface area contributed by atoms with E-state index < -0.39 is 0 Å². The molecule has 0 fully saturated rings. The highest BCUT2D eigenvalue weighted by Crippen LogP contribution is 2.35. The number of nitrogens with zero attached hydrogens (tertiary/aromatic N) is 2. The molecule has 1 unspecified atom stereocenters. The molecular weight excluding hydrogens is 330 g/mol. The van der Waals surface area contributed by atoms with Gasteiger partial charge in [0.25, 0.3) is 5.56 Å². The van der Waals surface area contributed by atoms with Gasteiger partial charge in [-0.05, 0) is 45.6 Å². The molecule has 0 aromatic carbocycles. The largest absolute Gasteiger partial charge is 0.353 e. The highest BCUT2D eigenvalue weighted by Gasteiger charge is 2.24. The zero-order valence-electron chi connectivity index (χ0n) is 13.8. The summed E-state index contributed by atoms with van der Waals surface area (Å²) in [5.41, 5.74) is 1.20. The van der Waals surface area contributed by atoms with Crippen molar-refractivity contribution in [2.75, 3.05) is 0 Å². The molecule has 0 aliphatic heterocycles. The summed E-state index contributed by atoms with van der Waals surface area (Å²) in [6.07, 6.45) is 3.16. The van der Waals surface area contributed by atoms with Crippen LogP contribution in [-0.4, -0.2) is 26.8 Å². The van der Waals surface area contributed by atoms with Gasteiger partial charge in [0.1, 0.15) is 4.83 Å². The maximum atomic E-state index is 12.7. The van der Waals surface area contributed by atoms with Crippen molar-refractivity contribution in [2.45, 2.75) is 56.5 Å². The molecule has 2 heterocycles. The summed E-state index contributed by atoms with van der Waals surface area (Å²) < 4.78 is 1.58. The van der Waals surface area contributed by atoms with E-state index in [9.17, 15) is 9.59 Å². The Morgan fingerprint density at radius 2 is 2.09 bits per heavy atom. The SMILES string of the molecule is CC(C)NC(=O)C(C)Sc1nc2sc3c(c2c(=O)n1C)CCC3. The van der Waals surface area contributed by atoms with E-state index in [4.69, 9.17) is 0 Å². The molecule has 5 nitrogen and oxygen atoms in total. The minimum Gasteiger partial charge on any atom is -0.353 e. The third-order valence-corrected chi connectivity index (χ3v) is 6.32. The predicted molar refractivity (Wildman–Crippen MR) is 95.5 cm³/mol. The number of thioether (sulfide) groups is 1. The van der Waals surface area contributed by atoms with E-state index in [0.29, 0.717) is 5.16 Å². The summed E-state index contributed by atoms with van der Waals surface area (Å²) in [5, 5.41) is 3.99. The van der Waals surface area contributed by atoms with Crippen molar-refractivity contribution in [2.24, 2.45) is 7.05 Å². The lowest BCUT2D eigenvalue weighted by Gasteiger charge is -2.15. The van der Waals surface area contributed by atoms with Crippen molar-refractivity contribution in [3.05, 3.63) is 20.8 Å². The number of rotatable bonds is 4. The molecule has 1 aliphatic rings. The molecule has 2 aromatic heterocycles. The Kier molecular flexibility index (Phi) is 4.51. The van der Waals surface area contributed by atoms with Crippen LogP contribution >= 0.6 is 23.1 Å². The van der Waals surface area contributed by atoms with Gasteiger partial charge in [-0.15, -0.1) is 11.3 Å². The maximum absolute atomic E-state index is 12.7. The number of thiophene rings is 1. The lowest BCUT2D eigenvalue weighted by atomic mass is 10.2. The van der Waals surface area contributed by atoms with Gasteiger partial charge < -0.3 is 5.32 Å². The van der Waals surface area contributed by atoms with Gasteiger partial charge in [0, 0.05) is 18.0 Å². The summed E-state index contributed by atoms with van der Waals surface area (Å²) in [7, 11) is 1.74. The van der Waals surface area contributed by atoms with E-state index in [2.05, 4.69) is 10.3 Å². The molecule has 1 amide bonds. The fourth-order valence-corrected chi connectivity index (χ4v) is 5.01. The zero-order valence-corrected chi connectivity index (χ0v) is 15.4. The smallest absolute Gasteiger partial charge is 0.262 e. The summed E-state index contributed by atoms with van der Waals surface area (Å²) in [4.78, 5) is 31.6. The Hall–Kier alpha value is -1.34. The number of carbonyl (C=O) groups is 1. The zero-order chi connectivity index (χ0) is 16.7. The van der Waals surface area contributed by atoms with Gasteiger partial charge >= 0.3 is 0 Å². The number of fused-ring (bicyclic) bond motifs is 3. The quantitative estimate of drug-likeness (QED) is 0.679. The molecule has 0 saturated carbocycles. The van der Waals surface area contributed by atoms with Gasteiger partial charge in [0.2, 0.25) is 5.91 Å². The highest BCUT2D eigenvalue weighted by molar-refractivity contribution is 8.00. The molecule has 0 bridgehead atoms. The third-order valence-electron chi connectivity index (χ3n) is 3.99. The first-order valence-electron chi connectivity index (χ1n) is 7.86. The number of hydrogen-bond acceptors (Lipinski definition) is 5. The number of aromatic nitrogens is 2. The average molecular weight is 351 g/mol. The Morgan fingerprint density at radius 1 is 1.35 bits per heavy atom. The molecular formula is C16H21N3O2S2. The Morgan fingerprint density at radius 3 is 2.78 bits per heavy atom. The van der Waals surface area contributed by atoms with Crippen LogP contribution in [0.1, 0.15) is 37.6 Å². The van der Waals surface area contributed by atoms with E-state index in [1.807, 2.05) is 20.8 Å². The van der Waals surface area contributed by atoms with Gasteiger partial charge in [-0.1, -0.05) is 11.8 Å². The number of nitrogens with one attached hydrogen (secondary N) is 1. The normalized spacial score (nSPS) is 15.2. The summed E-state index contributed by atoms with van der Waals surface area (Å²) in [6, 6.07) is 0.102. The molecule has 0 spiro atoms. The molecule has 124 valence electrons. The first-order valence-corrected chi connectivity index (χ1v) is 9.56. The topological polar surface area (TPSA) is 64.0 Å². The second kappa shape index (κ2) is 6.28. The number of carbonyl (C=O) groups excluding carboxylic acids is 1. The fourth-order valence-electron chi connectivity index (χ4n) is 2.82. The second-order valence-electron chi connectivity index (χ2n) is 6.22. The van der Waals surface area contributed by atoms with Crippen LogP contribution in [0.3, 0.4) is 0 Å². The van der Waals surface area contributed by atoms with Gasteiger partial charge in [-0.2, -0.15) is 0 Å². The van der Waals surface area contributed by atoms with Crippen LogP contribution in [0.4, 0.5) is 0 Å². The van der Waals surface area contributed by atoms with E-state index in [0.717, 1.165) is 29.5 Å².